The lowest BCUT2D eigenvalue weighted by Crippen LogP contribution is -2.42. The number of thiazole rings is 1. The lowest BCUT2D eigenvalue weighted by atomic mass is 9.93. The van der Waals surface area contributed by atoms with Gasteiger partial charge in [0, 0.05) is 22.0 Å². The van der Waals surface area contributed by atoms with Crippen molar-refractivity contribution in [2.75, 3.05) is 0 Å². The van der Waals surface area contributed by atoms with E-state index in [-0.39, 0.29) is 17.7 Å². The van der Waals surface area contributed by atoms with Crippen LogP contribution in [0.1, 0.15) is 30.0 Å². The first-order chi connectivity index (χ1) is 18.0. The van der Waals surface area contributed by atoms with E-state index in [9.17, 15) is 23.2 Å². The van der Waals surface area contributed by atoms with E-state index in [1.54, 1.807) is 41.9 Å². The minimum Gasteiger partial charge on any atom is -0.481 e. The van der Waals surface area contributed by atoms with E-state index in [4.69, 9.17) is 28.3 Å². The molecule has 3 heterocycles. The van der Waals surface area contributed by atoms with Gasteiger partial charge in [0.25, 0.3) is 5.56 Å². The molecular formula is C25H16Cl2F2N4O4S. The van der Waals surface area contributed by atoms with Crippen LogP contribution in [0.3, 0.4) is 0 Å². The third-order valence-electron chi connectivity index (χ3n) is 5.98. The Kier molecular flexibility index (Phi) is 6.76. The molecule has 2 aromatic heterocycles. The number of aliphatic carboxylic acids is 1. The lowest BCUT2D eigenvalue weighted by molar-refractivity contribution is -0.167. The standard InChI is InChI=1S/C25H16Cl2F2N4O4S/c26-14-5-1-12(2-6-14)17-9-16(32-33(17)24(37)25(28,29)10-18(34)35)20-19(13-3-7-15(27)8-4-13)21-22(30-11-38-21)31-23(20)36/h1-8,11,17H,9-10H2,(H,31,36)(H,34,35). The molecule has 0 aliphatic carbocycles. The summed E-state index contributed by atoms with van der Waals surface area (Å²) in [6.45, 7) is 0. The van der Waals surface area contributed by atoms with Crippen LogP contribution in [0, 0.1) is 0 Å². The number of halogens is 4. The number of hydrazone groups is 1. The Bertz CT molecular complexity index is 1650. The van der Waals surface area contributed by atoms with E-state index in [0.29, 0.717) is 42.1 Å². The Morgan fingerprint density at radius 2 is 1.71 bits per heavy atom. The number of carbonyl (C=O) groups is 2. The van der Waals surface area contributed by atoms with Gasteiger partial charge in [-0.05, 0) is 35.4 Å². The summed E-state index contributed by atoms with van der Waals surface area (Å²) >= 11 is 13.3. The number of pyridine rings is 1. The number of rotatable bonds is 6. The van der Waals surface area contributed by atoms with Crippen LogP contribution in [0.15, 0.2) is 63.9 Å². The summed E-state index contributed by atoms with van der Waals surface area (Å²) in [6.07, 6.45) is -1.80. The third-order valence-corrected chi connectivity index (χ3v) is 7.33. The van der Waals surface area contributed by atoms with Gasteiger partial charge in [-0.1, -0.05) is 47.5 Å². The number of alkyl halides is 2. The van der Waals surface area contributed by atoms with E-state index in [0.717, 1.165) is 0 Å². The first kappa shape index (κ1) is 26.0. The van der Waals surface area contributed by atoms with Gasteiger partial charge < -0.3 is 10.1 Å². The van der Waals surface area contributed by atoms with Crippen LogP contribution in [0.4, 0.5) is 8.78 Å². The Morgan fingerprint density at radius 1 is 1.08 bits per heavy atom. The minimum absolute atomic E-state index is 0.0749. The molecule has 2 N–H and O–H groups in total. The molecule has 0 radical (unpaired) electrons. The van der Waals surface area contributed by atoms with Crippen molar-refractivity contribution in [3.05, 3.63) is 85.6 Å². The van der Waals surface area contributed by atoms with Crippen LogP contribution < -0.4 is 5.56 Å². The molecule has 0 bridgehead atoms. The fraction of sp³-hybridized carbons (Fsp3) is 0.160. The van der Waals surface area contributed by atoms with Crippen molar-refractivity contribution in [2.24, 2.45) is 5.10 Å². The molecule has 8 nitrogen and oxygen atoms in total. The number of amides is 1. The van der Waals surface area contributed by atoms with E-state index < -0.39 is 35.8 Å². The van der Waals surface area contributed by atoms with Gasteiger partial charge in [-0.25, -0.2) is 9.99 Å². The summed E-state index contributed by atoms with van der Waals surface area (Å²) in [6, 6.07) is 11.8. The fourth-order valence-electron chi connectivity index (χ4n) is 4.30. The van der Waals surface area contributed by atoms with Crippen LogP contribution in [-0.2, 0) is 9.59 Å². The number of H-pyrrole nitrogens is 1. The molecule has 1 aliphatic heterocycles. The molecular weight excluding hydrogens is 561 g/mol. The van der Waals surface area contributed by atoms with Crippen molar-refractivity contribution in [1.82, 2.24) is 15.0 Å². The van der Waals surface area contributed by atoms with Crippen molar-refractivity contribution < 1.29 is 23.5 Å². The van der Waals surface area contributed by atoms with E-state index in [2.05, 4.69) is 15.1 Å². The molecule has 0 fully saturated rings. The number of carboxylic acids is 1. The summed E-state index contributed by atoms with van der Waals surface area (Å²) < 4.78 is 30.0. The predicted molar refractivity (Wildman–Crippen MR) is 140 cm³/mol. The maximum Gasteiger partial charge on any atom is 0.337 e. The Labute approximate surface area is 227 Å². The molecule has 2 aromatic carbocycles. The molecule has 1 unspecified atom stereocenters. The Hall–Kier alpha value is -3.67. The first-order valence-corrected chi connectivity index (χ1v) is 12.7. The van der Waals surface area contributed by atoms with Gasteiger partial charge in [0.2, 0.25) is 0 Å². The highest BCUT2D eigenvalue weighted by atomic mass is 35.5. The van der Waals surface area contributed by atoms with Gasteiger partial charge in [-0.2, -0.15) is 13.9 Å². The molecule has 1 aliphatic rings. The number of carboxylic acid groups (broad SMARTS) is 1. The van der Waals surface area contributed by atoms with E-state index in [1.807, 2.05) is 0 Å². The Morgan fingerprint density at radius 3 is 2.34 bits per heavy atom. The SMILES string of the molecule is O=C(O)CC(F)(F)C(=O)N1N=C(c2c(-c3ccc(Cl)cc3)c3scnc3[nH]c2=O)CC1c1ccc(Cl)cc1. The quantitative estimate of drug-likeness (QED) is 0.303. The molecule has 1 atom stereocenters. The molecule has 38 heavy (non-hydrogen) atoms. The van der Waals surface area contributed by atoms with Crippen LogP contribution in [-0.4, -0.2) is 43.6 Å². The second-order valence-electron chi connectivity index (χ2n) is 8.48. The highest BCUT2D eigenvalue weighted by Crippen LogP contribution is 2.40. The summed E-state index contributed by atoms with van der Waals surface area (Å²) in [5.74, 6) is -7.87. The van der Waals surface area contributed by atoms with Crippen molar-refractivity contribution in [2.45, 2.75) is 24.8 Å². The summed E-state index contributed by atoms with van der Waals surface area (Å²) in [5, 5.41) is 14.5. The number of hydrogen-bond acceptors (Lipinski definition) is 6. The first-order valence-electron chi connectivity index (χ1n) is 11.1. The van der Waals surface area contributed by atoms with Gasteiger partial charge >= 0.3 is 17.8 Å². The van der Waals surface area contributed by atoms with Crippen molar-refractivity contribution in [3.8, 4) is 11.1 Å². The number of nitrogens with one attached hydrogen (secondary N) is 1. The summed E-state index contributed by atoms with van der Waals surface area (Å²) in [5.41, 5.74) is 2.97. The maximum absolute atomic E-state index is 14.7. The zero-order chi connectivity index (χ0) is 27.2. The zero-order valence-electron chi connectivity index (χ0n) is 19.1. The smallest absolute Gasteiger partial charge is 0.337 e. The monoisotopic (exact) mass is 576 g/mol. The molecule has 13 heteroatoms. The third kappa shape index (κ3) is 4.80. The maximum atomic E-state index is 14.7. The van der Waals surface area contributed by atoms with Crippen molar-refractivity contribution >= 4 is 62.5 Å². The molecule has 0 spiro atoms. The van der Waals surface area contributed by atoms with Gasteiger partial charge in [-0.3, -0.25) is 14.4 Å². The fourth-order valence-corrected chi connectivity index (χ4v) is 5.37. The topological polar surface area (TPSA) is 116 Å². The molecule has 1 amide bonds. The number of carbonyl (C=O) groups excluding carboxylic acids is 1. The molecule has 194 valence electrons. The van der Waals surface area contributed by atoms with Crippen molar-refractivity contribution in [3.63, 3.8) is 0 Å². The average Bonchev–Trinajstić information content (AvgIpc) is 3.50. The highest BCUT2D eigenvalue weighted by Gasteiger charge is 2.49. The van der Waals surface area contributed by atoms with Gasteiger partial charge in [-0.15, -0.1) is 11.3 Å². The number of aromatic nitrogens is 2. The van der Waals surface area contributed by atoms with Gasteiger partial charge in [0.1, 0.15) is 6.42 Å². The number of hydrogen-bond donors (Lipinski definition) is 2. The van der Waals surface area contributed by atoms with Gasteiger partial charge in [0.15, 0.2) is 5.65 Å². The van der Waals surface area contributed by atoms with E-state index >= 15 is 0 Å². The lowest BCUT2D eigenvalue weighted by Gasteiger charge is -2.25. The zero-order valence-corrected chi connectivity index (χ0v) is 21.4. The highest BCUT2D eigenvalue weighted by molar-refractivity contribution is 7.17. The summed E-state index contributed by atoms with van der Waals surface area (Å²) in [7, 11) is 0. The summed E-state index contributed by atoms with van der Waals surface area (Å²) in [4.78, 5) is 44.2. The molecule has 5 rings (SSSR count). The number of fused-ring (bicyclic) bond motifs is 1. The minimum atomic E-state index is -4.23. The second kappa shape index (κ2) is 9.90. The number of nitrogens with zero attached hydrogens (tertiary/aromatic N) is 3. The molecule has 0 saturated carbocycles. The number of aromatic amines is 1. The average molecular weight is 577 g/mol. The normalized spacial score (nSPS) is 15.6. The van der Waals surface area contributed by atoms with Crippen molar-refractivity contribution in [1.29, 1.82) is 0 Å². The van der Waals surface area contributed by atoms with Crippen LogP contribution >= 0.6 is 34.5 Å². The van der Waals surface area contributed by atoms with Crippen LogP contribution in [0.5, 0.6) is 0 Å². The second-order valence-corrected chi connectivity index (χ2v) is 10.2. The predicted octanol–water partition coefficient (Wildman–Crippen LogP) is 5.75. The van der Waals surface area contributed by atoms with E-state index in [1.165, 1.54) is 23.5 Å². The van der Waals surface area contributed by atoms with Crippen LogP contribution in [0.25, 0.3) is 21.5 Å². The Balaban J connectivity index is 1.70. The van der Waals surface area contributed by atoms with Gasteiger partial charge in [0.05, 0.1) is 27.5 Å². The number of benzene rings is 2. The van der Waals surface area contributed by atoms with Crippen LogP contribution in [0.2, 0.25) is 10.0 Å². The molecule has 0 saturated heterocycles. The molecule has 4 aromatic rings. The largest absolute Gasteiger partial charge is 0.481 e.